The molecule has 5 heteroatoms. The molecule has 0 spiro atoms. The fraction of sp³-hybridized carbons (Fsp3) is 0.560. The van der Waals surface area contributed by atoms with Gasteiger partial charge in [-0.3, -0.25) is 14.8 Å². The molecule has 2 aromatic rings. The fourth-order valence-electron chi connectivity index (χ4n) is 6.09. The van der Waals surface area contributed by atoms with E-state index in [1.165, 1.54) is 24.0 Å². The number of carbonyl (C=O) groups excluding carboxylic acids is 1. The molecule has 0 N–H and O–H groups in total. The highest BCUT2D eigenvalue weighted by Gasteiger charge is 2.55. The van der Waals surface area contributed by atoms with Gasteiger partial charge >= 0.3 is 0 Å². The third kappa shape index (κ3) is 3.53. The van der Waals surface area contributed by atoms with Gasteiger partial charge in [-0.25, -0.2) is 0 Å². The molecule has 2 saturated heterocycles. The summed E-state index contributed by atoms with van der Waals surface area (Å²) < 4.78 is 0. The van der Waals surface area contributed by atoms with Crippen LogP contribution < -0.4 is 0 Å². The van der Waals surface area contributed by atoms with Crippen molar-refractivity contribution in [2.24, 2.45) is 28.7 Å². The Morgan fingerprint density at radius 1 is 1.20 bits per heavy atom. The van der Waals surface area contributed by atoms with Crippen LogP contribution in [0.1, 0.15) is 36.8 Å². The number of piperidine rings is 2. The van der Waals surface area contributed by atoms with E-state index in [0.717, 1.165) is 48.8 Å². The highest BCUT2D eigenvalue weighted by Crippen LogP contribution is 2.53. The third-order valence-electron chi connectivity index (χ3n) is 7.52. The number of nitrogens with zero attached hydrogens (tertiary/aromatic N) is 4. The van der Waals surface area contributed by atoms with Crippen molar-refractivity contribution in [1.82, 2.24) is 14.8 Å². The van der Waals surface area contributed by atoms with Crippen LogP contribution in [0, 0.1) is 23.7 Å². The van der Waals surface area contributed by atoms with Gasteiger partial charge in [0.1, 0.15) is 0 Å². The third-order valence-corrected chi connectivity index (χ3v) is 7.52. The average Bonchev–Trinajstić information content (AvgIpc) is 3.18. The monoisotopic (exact) mass is 404 g/mol. The van der Waals surface area contributed by atoms with E-state index in [4.69, 9.17) is 0 Å². The van der Waals surface area contributed by atoms with E-state index in [0.29, 0.717) is 23.7 Å². The Hall–Kier alpha value is -2.27. The smallest absolute Gasteiger partial charge is 0.222 e. The van der Waals surface area contributed by atoms with Crippen molar-refractivity contribution in [2.75, 3.05) is 40.3 Å². The number of aliphatic imine (C=N–C) groups is 1. The molecule has 3 heterocycles. The van der Waals surface area contributed by atoms with Gasteiger partial charge in [-0.1, -0.05) is 25.1 Å². The number of fused-ring (bicyclic) bond motifs is 2. The lowest BCUT2D eigenvalue weighted by molar-refractivity contribution is -0.133. The molecule has 3 aliphatic rings. The number of benzene rings is 1. The second-order valence-corrected chi connectivity index (χ2v) is 9.78. The van der Waals surface area contributed by atoms with Gasteiger partial charge in [0.2, 0.25) is 5.91 Å². The number of hydrogen-bond acceptors (Lipinski definition) is 4. The molecule has 1 amide bonds. The molecule has 158 valence electrons. The van der Waals surface area contributed by atoms with Crippen LogP contribution in [0.15, 0.2) is 35.5 Å². The first-order valence-corrected chi connectivity index (χ1v) is 11.3. The largest absolute Gasteiger partial charge is 0.342 e. The van der Waals surface area contributed by atoms with Crippen LogP contribution in [0.4, 0.5) is 0 Å². The summed E-state index contributed by atoms with van der Waals surface area (Å²) in [6.07, 6.45) is 5.59. The molecule has 3 fully saturated rings. The lowest BCUT2D eigenvalue weighted by Gasteiger charge is -2.37. The molecular formula is C25H32N4O. The summed E-state index contributed by atoms with van der Waals surface area (Å²) in [5, 5.41) is 1.20. The van der Waals surface area contributed by atoms with Crippen LogP contribution in [-0.4, -0.2) is 67.2 Å². The van der Waals surface area contributed by atoms with Crippen molar-refractivity contribution in [3.05, 3.63) is 41.6 Å². The van der Waals surface area contributed by atoms with Crippen LogP contribution in [0.25, 0.3) is 10.9 Å². The minimum Gasteiger partial charge on any atom is -0.342 e. The zero-order valence-corrected chi connectivity index (χ0v) is 18.3. The van der Waals surface area contributed by atoms with Gasteiger partial charge in [0, 0.05) is 68.9 Å². The quantitative estimate of drug-likeness (QED) is 0.734. The molecule has 5 rings (SSSR count). The normalized spacial score (nSPS) is 31.4. The Morgan fingerprint density at radius 2 is 2.00 bits per heavy atom. The first-order chi connectivity index (χ1) is 14.5. The molecule has 0 radical (unpaired) electrons. The van der Waals surface area contributed by atoms with E-state index in [-0.39, 0.29) is 0 Å². The number of rotatable bonds is 4. The van der Waals surface area contributed by atoms with Gasteiger partial charge in [0.15, 0.2) is 0 Å². The van der Waals surface area contributed by atoms with Crippen molar-refractivity contribution in [3.63, 3.8) is 0 Å². The Bertz CT molecular complexity index is 974. The van der Waals surface area contributed by atoms with E-state index in [1.807, 2.05) is 18.5 Å². The minimum absolute atomic E-state index is 0.363. The van der Waals surface area contributed by atoms with Crippen LogP contribution in [0.3, 0.4) is 0 Å². The summed E-state index contributed by atoms with van der Waals surface area (Å²) in [5.74, 6) is 3.40. The van der Waals surface area contributed by atoms with Gasteiger partial charge in [0.25, 0.3) is 0 Å². The predicted molar refractivity (Wildman–Crippen MR) is 121 cm³/mol. The van der Waals surface area contributed by atoms with Crippen molar-refractivity contribution >= 4 is 23.0 Å². The van der Waals surface area contributed by atoms with Crippen molar-refractivity contribution in [2.45, 2.75) is 25.7 Å². The molecule has 5 nitrogen and oxygen atoms in total. The standard InChI is InChI=1S/C25H32N4O/c1-16-9-18(19-7-6-17(11-26-2)25-20(19)5-4-8-27-25)13-29(12-16)24(30)10-21-22-14-28(3)15-23(21)22/h4-8,11,16,18,21-23H,9-10,12-15H2,1-3H3/t16-,18-,21?,22-,23+/m1/s1. The minimum atomic E-state index is 0.363. The van der Waals surface area contributed by atoms with E-state index >= 15 is 0 Å². The van der Waals surface area contributed by atoms with Gasteiger partial charge in [0.05, 0.1) is 5.52 Å². The van der Waals surface area contributed by atoms with Crippen LogP contribution in [0.5, 0.6) is 0 Å². The molecule has 1 aromatic heterocycles. The lowest BCUT2D eigenvalue weighted by Crippen LogP contribution is -2.43. The molecule has 1 aliphatic carbocycles. The maximum absolute atomic E-state index is 13.2. The van der Waals surface area contributed by atoms with E-state index < -0.39 is 0 Å². The maximum Gasteiger partial charge on any atom is 0.222 e. The number of carbonyl (C=O) groups is 1. The Labute approximate surface area is 179 Å². The number of pyridine rings is 1. The van der Waals surface area contributed by atoms with Gasteiger partial charge in [-0.05, 0) is 48.8 Å². The Kier molecular flexibility index (Phi) is 5.10. The van der Waals surface area contributed by atoms with Crippen LogP contribution in [-0.2, 0) is 4.79 Å². The SMILES string of the molecule is CN=Cc1ccc([C@@H]2C[C@@H](C)CN(C(=O)CC3[C@H]4CN(C)C[C@@H]34)C2)c2cccnc12. The van der Waals surface area contributed by atoms with E-state index in [1.54, 1.807) is 7.05 Å². The predicted octanol–water partition coefficient (Wildman–Crippen LogP) is 3.43. The van der Waals surface area contributed by atoms with Gasteiger partial charge in [-0.2, -0.15) is 0 Å². The number of amides is 1. The average molecular weight is 405 g/mol. The van der Waals surface area contributed by atoms with Crippen molar-refractivity contribution in [3.8, 4) is 0 Å². The molecule has 30 heavy (non-hydrogen) atoms. The summed E-state index contributed by atoms with van der Waals surface area (Å²) >= 11 is 0. The molecule has 0 bridgehead atoms. The zero-order chi connectivity index (χ0) is 20.8. The first-order valence-electron chi connectivity index (χ1n) is 11.3. The lowest BCUT2D eigenvalue weighted by atomic mass is 9.83. The summed E-state index contributed by atoms with van der Waals surface area (Å²) in [7, 11) is 3.99. The topological polar surface area (TPSA) is 48.8 Å². The molecule has 1 saturated carbocycles. The summed E-state index contributed by atoms with van der Waals surface area (Å²) in [5.41, 5.74) is 3.38. The maximum atomic E-state index is 13.2. The highest BCUT2D eigenvalue weighted by atomic mass is 16.2. The van der Waals surface area contributed by atoms with Gasteiger partial charge < -0.3 is 9.80 Å². The van der Waals surface area contributed by atoms with E-state index in [2.05, 4.69) is 51.9 Å². The molecule has 5 atom stereocenters. The van der Waals surface area contributed by atoms with Crippen LogP contribution in [0.2, 0.25) is 0 Å². The number of likely N-dealkylation sites (tertiary alicyclic amines) is 2. The second kappa shape index (κ2) is 7.77. The van der Waals surface area contributed by atoms with Gasteiger partial charge in [-0.15, -0.1) is 0 Å². The summed E-state index contributed by atoms with van der Waals surface area (Å²) in [6, 6.07) is 8.53. The van der Waals surface area contributed by atoms with Crippen LogP contribution >= 0.6 is 0 Å². The Morgan fingerprint density at radius 3 is 2.77 bits per heavy atom. The second-order valence-electron chi connectivity index (χ2n) is 9.78. The summed E-state index contributed by atoms with van der Waals surface area (Å²) in [6.45, 7) is 6.36. The molecular weight excluding hydrogens is 372 g/mol. The fourth-order valence-corrected chi connectivity index (χ4v) is 6.09. The molecule has 1 aromatic carbocycles. The Balaban J connectivity index is 1.35. The van der Waals surface area contributed by atoms with Crippen molar-refractivity contribution in [1.29, 1.82) is 0 Å². The summed E-state index contributed by atoms with van der Waals surface area (Å²) in [4.78, 5) is 26.6. The first kappa shape index (κ1) is 19.7. The van der Waals surface area contributed by atoms with Crippen molar-refractivity contribution < 1.29 is 4.79 Å². The number of aromatic nitrogens is 1. The molecule has 1 unspecified atom stereocenters. The van der Waals surface area contributed by atoms with E-state index in [9.17, 15) is 4.79 Å². The molecule has 2 aliphatic heterocycles. The highest BCUT2D eigenvalue weighted by molar-refractivity contribution is 5.99. The zero-order valence-electron chi connectivity index (χ0n) is 18.3. The number of hydrogen-bond donors (Lipinski definition) is 0.